The minimum atomic E-state index is -4.82. The smallest absolute Gasteiger partial charge is 0.463 e. The number of hydrogen-bond acceptors (Lipinski definition) is 3. The molecule has 0 bridgehead atoms. The molecule has 1 aliphatic rings. The fourth-order valence-corrected chi connectivity index (χ4v) is 1.97. The van der Waals surface area contributed by atoms with Gasteiger partial charge in [0.1, 0.15) is 17.6 Å². The van der Waals surface area contributed by atoms with E-state index >= 15 is 0 Å². The van der Waals surface area contributed by atoms with Gasteiger partial charge >= 0.3 is 12.5 Å². The van der Waals surface area contributed by atoms with Gasteiger partial charge in [0.25, 0.3) is 0 Å². The number of benzene rings is 1. The normalized spacial score (nSPS) is 18.1. The molecule has 0 fully saturated rings. The highest BCUT2D eigenvalue weighted by atomic mass is 19.4. The van der Waals surface area contributed by atoms with E-state index in [1.807, 2.05) is 0 Å². The summed E-state index contributed by atoms with van der Waals surface area (Å²) in [4.78, 5) is 13.7. The molecule has 1 unspecified atom stereocenters. The Hall–Kier alpha value is -2.97. The highest BCUT2D eigenvalue weighted by Gasteiger charge is 2.32. The van der Waals surface area contributed by atoms with Crippen molar-refractivity contribution in [2.75, 3.05) is 0 Å². The molecular formula is C14H12F3N3O3. The molecule has 9 heteroatoms. The lowest BCUT2D eigenvalue weighted by Crippen LogP contribution is -2.39. The van der Waals surface area contributed by atoms with Crippen LogP contribution in [0.4, 0.5) is 18.0 Å². The largest absolute Gasteiger partial charge is 0.573 e. The number of alkyl halides is 3. The molecule has 1 aromatic carbocycles. The summed E-state index contributed by atoms with van der Waals surface area (Å²) in [7, 11) is 0. The summed E-state index contributed by atoms with van der Waals surface area (Å²) in [6.07, 6.45) is -1.87. The van der Waals surface area contributed by atoms with Crippen LogP contribution in [0.1, 0.15) is 5.56 Å². The standard InChI is InChI=1S/C14H12F3N3O3/c15-14(16,17)23-11-4-2-1-3-9(11)8-5-6-19-10(7-8)12(18)20-13(21)22/h1-7,10,19H,(H2,18,20)(H,21,22). The third-order valence-electron chi connectivity index (χ3n) is 2.85. The van der Waals surface area contributed by atoms with Crippen molar-refractivity contribution in [1.82, 2.24) is 5.32 Å². The van der Waals surface area contributed by atoms with Gasteiger partial charge in [-0.15, -0.1) is 13.2 Å². The number of carbonyl (C=O) groups is 1. The monoisotopic (exact) mass is 327 g/mol. The Labute approximate surface area is 128 Å². The van der Waals surface area contributed by atoms with E-state index in [4.69, 9.17) is 10.8 Å². The van der Waals surface area contributed by atoms with E-state index in [2.05, 4.69) is 15.0 Å². The number of nitrogens with two attached hydrogens (primary N) is 1. The second-order valence-electron chi connectivity index (χ2n) is 4.46. The average Bonchev–Trinajstić information content (AvgIpc) is 2.45. The lowest BCUT2D eigenvalue weighted by molar-refractivity contribution is -0.274. The molecule has 4 N–H and O–H groups in total. The summed E-state index contributed by atoms with van der Waals surface area (Å²) < 4.78 is 41.4. The van der Waals surface area contributed by atoms with Gasteiger partial charge in [-0.2, -0.15) is 4.99 Å². The van der Waals surface area contributed by atoms with Crippen molar-refractivity contribution in [3.63, 3.8) is 0 Å². The number of carboxylic acid groups (broad SMARTS) is 1. The van der Waals surface area contributed by atoms with Crippen molar-refractivity contribution in [3.05, 3.63) is 48.2 Å². The van der Waals surface area contributed by atoms with Gasteiger partial charge in [0.05, 0.1) is 0 Å². The summed E-state index contributed by atoms with van der Waals surface area (Å²) in [6, 6.07) is 4.84. The van der Waals surface area contributed by atoms with E-state index < -0.39 is 18.5 Å². The zero-order valence-corrected chi connectivity index (χ0v) is 11.5. The lowest BCUT2D eigenvalue weighted by Gasteiger charge is -2.20. The van der Waals surface area contributed by atoms with E-state index in [1.165, 1.54) is 36.6 Å². The maximum Gasteiger partial charge on any atom is 0.573 e. The summed E-state index contributed by atoms with van der Waals surface area (Å²) in [5, 5.41) is 11.3. The summed E-state index contributed by atoms with van der Waals surface area (Å²) in [6.45, 7) is 0. The van der Waals surface area contributed by atoms with Crippen molar-refractivity contribution in [3.8, 4) is 5.75 Å². The number of amidine groups is 1. The molecular weight excluding hydrogens is 315 g/mol. The van der Waals surface area contributed by atoms with Gasteiger partial charge in [-0.1, -0.05) is 18.2 Å². The Balaban J connectivity index is 2.36. The lowest BCUT2D eigenvalue weighted by atomic mass is 9.99. The van der Waals surface area contributed by atoms with E-state index in [1.54, 1.807) is 6.07 Å². The fourth-order valence-electron chi connectivity index (χ4n) is 1.97. The quantitative estimate of drug-likeness (QED) is 0.585. The molecule has 6 nitrogen and oxygen atoms in total. The first-order valence-electron chi connectivity index (χ1n) is 6.33. The minimum absolute atomic E-state index is 0.190. The SMILES string of the molecule is NC(=NC(=O)O)C1C=C(c2ccccc2OC(F)(F)F)C=CN1. The number of hydrogen-bond donors (Lipinski definition) is 3. The number of aliphatic imine (C=N–C) groups is 1. The molecule has 2 rings (SSSR count). The fraction of sp³-hybridized carbons (Fsp3) is 0.143. The van der Waals surface area contributed by atoms with Crippen molar-refractivity contribution in [2.45, 2.75) is 12.4 Å². The molecule has 0 spiro atoms. The van der Waals surface area contributed by atoms with Crippen LogP contribution in [-0.4, -0.2) is 29.4 Å². The number of para-hydroxylation sites is 1. The van der Waals surface area contributed by atoms with Crippen molar-refractivity contribution < 1.29 is 27.8 Å². The molecule has 0 aliphatic carbocycles. The van der Waals surface area contributed by atoms with Gasteiger partial charge in [0.2, 0.25) is 0 Å². The average molecular weight is 327 g/mol. The van der Waals surface area contributed by atoms with Crippen molar-refractivity contribution in [2.24, 2.45) is 10.7 Å². The third-order valence-corrected chi connectivity index (χ3v) is 2.85. The number of ether oxygens (including phenoxy) is 1. The van der Waals surface area contributed by atoms with Gasteiger partial charge in [0.15, 0.2) is 0 Å². The predicted molar refractivity (Wildman–Crippen MR) is 76.8 cm³/mol. The first-order valence-corrected chi connectivity index (χ1v) is 6.33. The van der Waals surface area contributed by atoms with Crippen LogP contribution in [-0.2, 0) is 0 Å². The molecule has 1 heterocycles. The first kappa shape index (κ1) is 16.4. The summed E-state index contributed by atoms with van der Waals surface area (Å²) in [5.41, 5.74) is 6.12. The molecule has 23 heavy (non-hydrogen) atoms. The number of nitrogens with one attached hydrogen (secondary N) is 1. The molecule has 0 radical (unpaired) electrons. The molecule has 1 aromatic rings. The van der Waals surface area contributed by atoms with Crippen LogP contribution in [0.15, 0.2) is 47.6 Å². The van der Waals surface area contributed by atoms with Crippen LogP contribution in [0.2, 0.25) is 0 Å². The van der Waals surface area contributed by atoms with Crippen LogP contribution in [0.5, 0.6) is 5.75 Å². The number of amides is 1. The summed E-state index contributed by atoms with van der Waals surface area (Å²) in [5.74, 6) is -0.598. The topological polar surface area (TPSA) is 96.9 Å². The maximum absolute atomic E-state index is 12.5. The van der Waals surface area contributed by atoms with Gasteiger partial charge in [-0.3, -0.25) is 0 Å². The molecule has 1 atom stereocenters. The Morgan fingerprint density at radius 2 is 2.04 bits per heavy atom. The molecule has 0 saturated carbocycles. The first-order chi connectivity index (χ1) is 10.8. The third kappa shape index (κ3) is 4.50. The summed E-state index contributed by atoms with van der Waals surface area (Å²) >= 11 is 0. The number of allylic oxidation sites excluding steroid dienone is 2. The second-order valence-corrected chi connectivity index (χ2v) is 4.46. The van der Waals surface area contributed by atoms with Crippen molar-refractivity contribution >= 4 is 17.5 Å². The molecule has 0 aromatic heterocycles. The highest BCUT2D eigenvalue weighted by molar-refractivity contribution is 5.97. The van der Waals surface area contributed by atoms with Crippen LogP contribution in [0, 0.1) is 0 Å². The van der Waals surface area contributed by atoms with Gasteiger partial charge in [-0.05, 0) is 30.0 Å². The Kier molecular flexibility index (Phi) is 4.58. The minimum Gasteiger partial charge on any atom is -0.463 e. The molecule has 1 amide bonds. The van der Waals surface area contributed by atoms with Gasteiger partial charge in [0, 0.05) is 5.56 Å². The van der Waals surface area contributed by atoms with Gasteiger partial charge in [-0.25, -0.2) is 4.79 Å². The number of dihydropyridines is 1. The van der Waals surface area contributed by atoms with Crippen LogP contribution >= 0.6 is 0 Å². The number of halogens is 3. The van der Waals surface area contributed by atoms with Crippen LogP contribution in [0.3, 0.4) is 0 Å². The zero-order chi connectivity index (χ0) is 17.0. The predicted octanol–water partition coefficient (Wildman–Crippen LogP) is 2.49. The van der Waals surface area contributed by atoms with Crippen LogP contribution < -0.4 is 15.8 Å². The van der Waals surface area contributed by atoms with E-state index in [9.17, 15) is 18.0 Å². The number of nitrogens with zero attached hydrogens (tertiary/aromatic N) is 1. The zero-order valence-electron chi connectivity index (χ0n) is 11.5. The molecule has 1 aliphatic heterocycles. The second kappa shape index (κ2) is 6.42. The number of rotatable bonds is 3. The Morgan fingerprint density at radius 3 is 2.70 bits per heavy atom. The van der Waals surface area contributed by atoms with E-state index in [-0.39, 0.29) is 17.1 Å². The molecule has 0 saturated heterocycles. The highest BCUT2D eigenvalue weighted by Crippen LogP contribution is 2.32. The van der Waals surface area contributed by atoms with Crippen LogP contribution in [0.25, 0.3) is 5.57 Å². The molecule has 122 valence electrons. The van der Waals surface area contributed by atoms with E-state index in [0.717, 1.165) is 0 Å². The Bertz CT molecular complexity index is 696. The van der Waals surface area contributed by atoms with E-state index in [0.29, 0.717) is 5.57 Å². The Morgan fingerprint density at radius 1 is 1.35 bits per heavy atom. The maximum atomic E-state index is 12.5. The van der Waals surface area contributed by atoms with Crippen molar-refractivity contribution in [1.29, 1.82) is 0 Å². The van der Waals surface area contributed by atoms with Gasteiger partial charge < -0.3 is 20.9 Å².